The molecule has 84 valence electrons. The van der Waals surface area contributed by atoms with Crippen molar-refractivity contribution in [3.63, 3.8) is 0 Å². The molecule has 0 amide bonds. The highest BCUT2D eigenvalue weighted by Crippen LogP contribution is 2.22. The van der Waals surface area contributed by atoms with Gasteiger partial charge >= 0.3 is 0 Å². The highest BCUT2D eigenvalue weighted by molar-refractivity contribution is 5.81. The van der Waals surface area contributed by atoms with Gasteiger partial charge in [-0.25, -0.2) is 9.07 Å². The summed E-state index contributed by atoms with van der Waals surface area (Å²) >= 11 is 0. The Morgan fingerprint density at radius 2 is 2.00 bits per heavy atom. The summed E-state index contributed by atoms with van der Waals surface area (Å²) in [5.74, 6) is -0.151. The molecule has 17 heavy (non-hydrogen) atoms. The van der Waals surface area contributed by atoms with E-state index in [1.54, 1.807) is 41.2 Å². The topological polar surface area (TPSA) is 38.1 Å². The minimum absolute atomic E-state index is 0.163. The van der Waals surface area contributed by atoms with Crippen molar-refractivity contribution in [3.8, 4) is 11.4 Å². The maximum atomic E-state index is 13.1. The summed E-state index contributed by atoms with van der Waals surface area (Å²) in [6.07, 6.45) is 1.68. The zero-order valence-electron chi connectivity index (χ0n) is 8.84. The van der Waals surface area contributed by atoms with Crippen molar-refractivity contribution in [2.24, 2.45) is 0 Å². The number of hydrogen-bond donors (Lipinski definition) is 1. The van der Waals surface area contributed by atoms with Crippen LogP contribution in [-0.2, 0) is 0 Å². The molecule has 0 atom stereocenters. The first-order valence-electron chi connectivity index (χ1n) is 5.17. The van der Waals surface area contributed by atoms with Gasteiger partial charge in [0.15, 0.2) is 0 Å². The Morgan fingerprint density at radius 3 is 2.82 bits per heavy atom. The molecule has 3 rings (SSSR count). The Kier molecular flexibility index (Phi) is 2.08. The number of fused-ring (bicyclic) bond motifs is 1. The van der Waals surface area contributed by atoms with Crippen molar-refractivity contribution in [3.05, 3.63) is 54.5 Å². The molecular weight excluding hydrogens is 219 g/mol. The SMILES string of the molecule is Oc1ccc2cnn(-c3cccc(F)c3)c2c1. The molecule has 3 nitrogen and oxygen atoms in total. The van der Waals surface area contributed by atoms with E-state index in [-0.39, 0.29) is 11.6 Å². The molecule has 2 aromatic carbocycles. The number of aromatic nitrogens is 2. The lowest BCUT2D eigenvalue weighted by molar-refractivity contribution is 0.476. The molecule has 1 heterocycles. The first-order valence-corrected chi connectivity index (χ1v) is 5.17. The lowest BCUT2D eigenvalue weighted by atomic mass is 10.2. The van der Waals surface area contributed by atoms with Crippen molar-refractivity contribution >= 4 is 10.9 Å². The monoisotopic (exact) mass is 228 g/mol. The van der Waals surface area contributed by atoms with E-state index in [2.05, 4.69) is 5.10 Å². The van der Waals surface area contributed by atoms with Crippen LogP contribution in [0.4, 0.5) is 4.39 Å². The van der Waals surface area contributed by atoms with Crippen molar-refractivity contribution in [2.45, 2.75) is 0 Å². The van der Waals surface area contributed by atoms with E-state index in [4.69, 9.17) is 0 Å². The van der Waals surface area contributed by atoms with Crippen molar-refractivity contribution in [1.82, 2.24) is 9.78 Å². The van der Waals surface area contributed by atoms with Crippen LogP contribution in [0, 0.1) is 5.82 Å². The molecule has 0 saturated carbocycles. The summed E-state index contributed by atoms with van der Waals surface area (Å²) in [4.78, 5) is 0. The fraction of sp³-hybridized carbons (Fsp3) is 0. The van der Waals surface area contributed by atoms with Gasteiger partial charge in [-0.2, -0.15) is 5.10 Å². The first-order chi connectivity index (χ1) is 8.24. The molecule has 4 heteroatoms. The van der Waals surface area contributed by atoms with Crippen LogP contribution in [0.25, 0.3) is 16.6 Å². The summed E-state index contributed by atoms with van der Waals surface area (Å²) in [7, 11) is 0. The molecule has 0 aliphatic carbocycles. The molecule has 0 fully saturated rings. The molecule has 3 aromatic rings. The maximum absolute atomic E-state index is 13.1. The van der Waals surface area contributed by atoms with Crippen LogP contribution in [0.3, 0.4) is 0 Å². The molecule has 0 bridgehead atoms. The maximum Gasteiger partial charge on any atom is 0.125 e. The van der Waals surface area contributed by atoms with Crippen molar-refractivity contribution < 1.29 is 9.50 Å². The zero-order valence-corrected chi connectivity index (χ0v) is 8.84. The van der Waals surface area contributed by atoms with Crippen molar-refractivity contribution in [2.75, 3.05) is 0 Å². The van der Waals surface area contributed by atoms with Crippen LogP contribution in [-0.4, -0.2) is 14.9 Å². The number of nitrogens with zero attached hydrogens (tertiary/aromatic N) is 2. The van der Waals surface area contributed by atoms with Gasteiger partial charge in [0.25, 0.3) is 0 Å². The van der Waals surface area contributed by atoms with Gasteiger partial charge in [0, 0.05) is 11.5 Å². The van der Waals surface area contributed by atoms with Crippen molar-refractivity contribution in [1.29, 1.82) is 0 Å². The lowest BCUT2D eigenvalue weighted by Gasteiger charge is -2.03. The second-order valence-corrected chi connectivity index (χ2v) is 3.78. The van der Waals surface area contributed by atoms with Gasteiger partial charge in [0.1, 0.15) is 11.6 Å². The van der Waals surface area contributed by atoms with E-state index in [0.717, 1.165) is 10.9 Å². The molecule has 1 N–H and O–H groups in total. The van der Waals surface area contributed by atoms with E-state index in [9.17, 15) is 9.50 Å². The van der Waals surface area contributed by atoms with Crippen LogP contribution in [0.1, 0.15) is 0 Å². The minimum atomic E-state index is -0.314. The van der Waals surface area contributed by atoms with Gasteiger partial charge < -0.3 is 5.11 Å². The Labute approximate surface area is 96.7 Å². The van der Waals surface area contributed by atoms with Gasteiger partial charge in [-0.3, -0.25) is 0 Å². The number of aromatic hydroxyl groups is 1. The minimum Gasteiger partial charge on any atom is -0.508 e. The van der Waals surface area contributed by atoms with Crippen LogP contribution < -0.4 is 0 Å². The van der Waals surface area contributed by atoms with Gasteiger partial charge in [0.05, 0.1) is 17.4 Å². The number of phenolic OH excluding ortho intramolecular Hbond substituents is 1. The first kappa shape index (κ1) is 9.84. The number of benzene rings is 2. The van der Waals surface area contributed by atoms with E-state index in [0.29, 0.717) is 5.69 Å². The van der Waals surface area contributed by atoms with Crippen LogP contribution >= 0.6 is 0 Å². The number of hydrogen-bond acceptors (Lipinski definition) is 2. The molecular formula is C13H9FN2O. The third-order valence-corrected chi connectivity index (χ3v) is 2.61. The average molecular weight is 228 g/mol. The van der Waals surface area contributed by atoms with Crippen LogP contribution in [0.2, 0.25) is 0 Å². The number of halogens is 1. The predicted octanol–water partition coefficient (Wildman–Crippen LogP) is 2.87. The van der Waals surface area contributed by atoms with Gasteiger partial charge in [0.2, 0.25) is 0 Å². The Hall–Kier alpha value is -2.36. The predicted molar refractivity (Wildman–Crippen MR) is 62.7 cm³/mol. The number of rotatable bonds is 1. The Balaban J connectivity index is 2.27. The summed E-state index contributed by atoms with van der Waals surface area (Å²) in [5.41, 5.74) is 1.38. The van der Waals surface area contributed by atoms with Gasteiger partial charge in [-0.15, -0.1) is 0 Å². The Bertz CT molecular complexity index is 691. The summed E-state index contributed by atoms with van der Waals surface area (Å²) in [6, 6.07) is 11.1. The fourth-order valence-electron chi connectivity index (χ4n) is 1.82. The standard InChI is InChI=1S/C13H9FN2O/c14-10-2-1-3-11(6-10)16-13-7-12(17)5-4-9(13)8-15-16/h1-8,17H. The second kappa shape index (κ2) is 3.59. The van der Waals surface area contributed by atoms with E-state index >= 15 is 0 Å². The van der Waals surface area contributed by atoms with E-state index in [1.165, 1.54) is 12.1 Å². The fourth-order valence-corrected chi connectivity index (χ4v) is 1.82. The van der Waals surface area contributed by atoms with Crippen LogP contribution in [0.5, 0.6) is 5.75 Å². The average Bonchev–Trinajstić information content (AvgIpc) is 2.71. The second-order valence-electron chi connectivity index (χ2n) is 3.78. The summed E-state index contributed by atoms with van der Waals surface area (Å²) < 4.78 is 14.7. The number of phenols is 1. The lowest BCUT2D eigenvalue weighted by Crippen LogP contribution is -1.96. The molecule has 0 spiro atoms. The van der Waals surface area contributed by atoms with Gasteiger partial charge in [-0.1, -0.05) is 6.07 Å². The molecule has 1 aromatic heterocycles. The highest BCUT2D eigenvalue weighted by Gasteiger charge is 2.06. The molecule has 0 aliphatic heterocycles. The quantitative estimate of drug-likeness (QED) is 0.695. The van der Waals surface area contributed by atoms with E-state index in [1.807, 2.05) is 0 Å². The normalized spacial score (nSPS) is 10.9. The molecule has 0 aliphatic rings. The third-order valence-electron chi connectivity index (χ3n) is 2.61. The van der Waals surface area contributed by atoms with Gasteiger partial charge in [-0.05, 0) is 30.3 Å². The van der Waals surface area contributed by atoms with Crippen LogP contribution in [0.15, 0.2) is 48.7 Å². The summed E-state index contributed by atoms with van der Waals surface area (Å²) in [5, 5.41) is 14.5. The van der Waals surface area contributed by atoms with E-state index < -0.39 is 0 Å². The third kappa shape index (κ3) is 1.63. The highest BCUT2D eigenvalue weighted by atomic mass is 19.1. The molecule has 0 radical (unpaired) electrons. The zero-order chi connectivity index (χ0) is 11.8. The molecule has 0 saturated heterocycles. The summed E-state index contributed by atoms with van der Waals surface area (Å²) in [6.45, 7) is 0. The molecule has 0 unspecified atom stereocenters. The Morgan fingerprint density at radius 1 is 1.12 bits per heavy atom. The smallest absolute Gasteiger partial charge is 0.125 e. The largest absolute Gasteiger partial charge is 0.508 e.